The molecule has 174 valence electrons. The largest absolute Gasteiger partial charge is 0.508 e. The predicted octanol–water partition coefficient (Wildman–Crippen LogP) is 4.26. The molecule has 3 N–H and O–H groups in total. The van der Waals surface area contributed by atoms with Gasteiger partial charge in [0.15, 0.2) is 5.60 Å². The average molecular weight is 491 g/mol. The fourth-order valence-electron chi connectivity index (χ4n) is 4.39. The predicted molar refractivity (Wildman–Crippen MR) is 123 cm³/mol. The molecule has 0 saturated carbocycles. The molecular formula is C24H15ClN4O6. The van der Waals surface area contributed by atoms with E-state index in [0.29, 0.717) is 39.4 Å². The van der Waals surface area contributed by atoms with Crippen molar-refractivity contribution in [1.82, 2.24) is 15.0 Å². The van der Waals surface area contributed by atoms with Gasteiger partial charge in [0.25, 0.3) is 0 Å². The maximum absolute atomic E-state index is 13.2. The van der Waals surface area contributed by atoms with E-state index in [1.54, 1.807) is 30.3 Å². The van der Waals surface area contributed by atoms with Crippen molar-refractivity contribution in [1.29, 1.82) is 0 Å². The summed E-state index contributed by atoms with van der Waals surface area (Å²) >= 11 is 5.92. The lowest BCUT2D eigenvalue weighted by Crippen LogP contribution is -2.32. The monoisotopic (exact) mass is 490 g/mol. The number of phenolic OH excluding ortho intramolecular Hbond substituents is 2. The number of nitrogens with one attached hydrogen (secondary N) is 1. The van der Waals surface area contributed by atoms with E-state index in [9.17, 15) is 15.0 Å². The molecule has 10 nitrogen and oxygen atoms in total. The summed E-state index contributed by atoms with van der Waals surface area (Å²) in [4.78, 5) is 25.1. The van der Waals surface area contributed by atoms with Crippen LogP contribution in [0.15, 0.2) is 54.6 Å². The molecule has 0 saturated heterocycles. The topological polar surface area (TPSA) is 136 Å². The number of nitrogens with zero attached hydrogens (tertiary/aromatic N) is 3. The molecule has 0 radical (unpaired) electrons. The second-order valence-electron chi connectivity index (χ2n) is 7.83. The van der Waals surface area contributed by atoms with Gasteiger partial charge in [-0.1, -0.05) is 6.07 Å². The minimum atomic E-state index is -1.34. The van der Waals surface area contributed by atoms with Crippen molar-refractivity contribution in [2.24, 2.45) is 0 Å². The Labute approximate surface area is 202 Å². The number of carbonyl (C=O) groups excluding carboxylic acids is 1. The lowest BCUT2D eigenvalue weighted by molar-refractivity contribution is 0.0224. The first-order valence-electron chi connectivity index (χ1n) is 10.3. The zero-order valence-corrected chi connectivity index (χ0v) is 18.7. The van der Waals surface area contributed by atoms with Gasteiger partial charge in [0.1, 0.15) is 23.0 Å². The molecule has 35 heavy (non-hydrogen) atoms. The second-order valence-corrected chi connectivity index (χ2v) is 8.17. The number of aromatic hydroxyl groups is 2. The van der Waals surface area contributed by atoms with E-state index in [1.807, 2.05) is 0 Å². The maximum Gasteiger partial charge on any atom is 0.340 e. The van der Waals surface area contributed by atoms with Crippen LogP contribution in [0.2, 0.25) is 5.28 Å². The van der Waals surface area contributed by atoms with Crippen LogP contribution < -0.4 is 14.8 Å². The van der Waals surface area contributed by atoms with Gasteiger partial charge in [0, 0.05) is 34.5 Å². The van der Waals surface area contributed by atoms with Crippen molar-refractivity contribution < 1.29 is 29.2 Å². The smallest absolute Gasteiger partial charge is 0.340 e. The Morgan fingerprint density at radius 3 is 2.23 bits per heavy atom. The van der Waals surface area contributed by atoms with Gasteiger partial charge in [-0.25, -0.2) is 4.79 Å². The van der Waals surface area contributed by atoms with Crippen LogP contribution in [-0.4, -0.2) is 38.2 Å². The zero-order chi connectivity index (χ0) is 24.3. The van der Waals surface area contributed by atoms with Crippen LogP contribution in [0, 0.1) is 0 Å². The van der Waals surface area contributed by atoms with Gasteiger partial charge in [0.2, 0.25) is 11.2 Å². The standard InChI is InChI=1S/C24H15ClN4O6/c1-33-23-28-21(25)27-22(29-23)26-11-2-5-15-14(8-11)20(32)35-24(15)16-6-3-12(30)9-18(16)34-19-10-13(31)4-7-17(19)24/h2-10,30-31H,1H3,(H,26,27,28,29). The van der Waals surface area contributed by atoms with E-state index in [1.165, 1.54) is 31.4 Å². The molecule has 0 bridgehead atoms. The summed E-state index contributed by atoms with van der Waals surface area (Å²) < 4.78 is 17.0. The van der Waals surface area contributed by atoms with E-state index in [-0.39, 0.29) is 28.7 Å². The van der Waals surface area contributed by atoms with Crippen LogP contribution in [0.3, 0.4) is 0 Å². The van der Waals surface area contributed by atoms with E-state index in [4.69, 9.17) is 25.8 Å². The lowest BCUT2D eigenvalue weighted by atomic mass is 9.77. The molecule has 0 fully saturated rings. The van der Waals surface area contributed by atoms with Crippen molar-refractivity contribution in [3.63, 3.8) is 0 Å². The van der Waals surface area contributed by atoms with Crippen LogP contribution in [-0.2, 0) is 10.3 Å². The fraction of sp³-hybridized carbons (Fsp3) is 0.0833. The molecule has 11 heteroatoms. The molecule has 6 rings (SSSR count). The molecule has 4 aromatic rings. The summed E-state index contributed by atoms with van der Waals surface area (Å²) in [6, 6.07) is 14.3. The highest BCUT2D eigenvalue weighted by Gasteiger charge is 2.53. The third kappa shape index (κ3) is 3.18. The number of benzene rings is 3. The second kappa shape index (κ2) is 7.47. The SMILES string of the molecule is COc1nc(Cl)nc(Nc2ccc3c(c2)C(=O)OC32c3ccc(O)cc3Oc3cc(O)ccc32)n1. The number of hydrogen-bond acceptors (Lipinski definition) is 10. The molecule has 0 amide bonds. The van der Waals surface area contributed by atoms with Crippen LogP contribution in [0.1, 0.15) is 27.0 Å². The number of hydrogen-bond donors (Lipinski definition) is 3. The highest BCUT2D eigenvalue weighted by Crippen LogP contribution is 2.57. The minimum absolute atomic E-state index is 0.0157. The molecule has 1 spiro atoms. The first-order valence-corrected chi connectivity index (χ1v) is 10.7. The number of carbonyl (C=O) groups is 1. The van der Waals surface area contributed by atoms with Crippen molar-refractivity contribution in [2.45, 2.75) is 5.60 Å². The van der Waals surface area contributed by atoms with Crippen molar-refractivity contribution in [3.05, 3.63) is 82.1 Å². The number of fused-ring (bicyclic) bond motifs is 6. The average Bonchev–Trinajstić information content (AvgIpc) is 3.10. The number of halogens is 1. The number of esters is 1. The zero-order valence-electron chi connectivity index (χ0n) is 17.9. The Balaban J connectivity index is 1.50. The maximum atomic E-state index is 13.2. The molecule has 0 atom stereocenters. The number of aromatic nitrogens is 3. The summed E-state index contributed by atoms with van der Waals surface area (Å²) in [5.41, 5.74) is 1.12. The summed E-state index contributed by atoms with van der Waals surface area (Å²) in [7, 11) is 1.41. The van der Waals surface area contributed by atoms with Crippen molar-refractivity contribution in [2.75, 3.05) is 12.4 Å². The minimum Gasteiger partial charge on any atom is -0.508 e. The summed E-state index contributed by atoms with van der Waals surface area (Å²) in [6.07, 6.45) is 0. The Bertz CT molecular complexity index is 1490. The normalized spacial score (nSPS) is 14.4. The lowest BCUT2D eigenvalue weighted by Gasteiger charge is -2.36. The molecular weight excluding hydrogens is 476 g/mol. The van der Waals surface area contributed by atoms with Crippen LogP contribution >= 0.6 is 11.6 Å². The van der Waals surface area contributed by atoms with Gasteiger partial charge in [-0.05, 0) is 48.0 Å². The van der Waals surface area contributed by atoms with E-state index < -0.39 is 11.6 Å². The molecule has 0 aliphatic carbocycles. The summed E-state index contributed by atoms with van der Waals surface area (Å²) in [5.74, 6) is 0.150. The Morgan fingerprint density at radius 2 is 1.57 bits per heavy atom. The molecule has 3 heterocycles. The Hall–Kier alpha value is -4.57. The number of ether oxygens (including phenoxy) is 3. The van der Waals surface area contributed by atoms with Gasteiger partial charge in [-0.15, -0.1) is 0 Å². The van der Waals surface area contributed by atoms with Crippen LogP contribution in [0.4, 0.5) is 11.6 Å². The van der Waals surface area contributed by atoms with Gasteiger partial charge in [-0.3, -0.25) is 0 Å². The molecule has 2 aliphatic heterocycles. The van der Waals surface area contributed by atoms with Gasteiger partial charge >= 0.3 is 12.0 Å². The van der Waals surface area contributed by atoms with Crippen LogP contribution in [0.5, 0.6) is 29.0 Å². The Morgan fingerprint density at radius 1 is 0.914 bits per heavy atom. The van der Waals surface area contributed by atoms with Crippen molar-refractivity contribution >= 4 is 29.2 Å². The summed E-state index contributed by atoms with van der Waals surface area (Å²) in [6.45, 7) is 0. The van der Waals surface area contributed by atoms with Crippen LogP contribution in [0.25, 0.3) is 0 Å². The number of phenols is 2. The Kier molecular flexibility index (Phi) is 4.48. The van der Waals surface area contributed by atoms with E-state index in [2.05, 4.69) is 20.3 Å². The van der Waals surface area contributed by atoms with Gasteiger partial charge in [-0.2, -0.15) is 15.0 Å². The van der Waals surface area contributed by atoms with Gasteiger partial charge in [0.05, 0.1) is 12.7 Å². The third-order valence-corrected chi connectivity index (χ3v) is 5.97. The number of methoxy groups -OCH3 is 1. The number of rotatable bonds is 3. The van der Waals surface area contributed by atoms with Crippen molar-refractivity contribution in [3.8, 4) is 29.0 Å². The summed E-state index contributed by atoms with van der Waals surface area (Å²) in [5, 5.41) is 23.0. The number of anilines is 2. The third-order valence-electron chi connectivity index (χ3n) is 5.80. The quantitative estimate of drug-likeness (QED) is 0.357. The first-order chi connectivity index (χ1) is 16.9. The molecule has 2 aliphatic rings. The first kappa shape index (κ1) is 21.0. The highest BCUT2D eigenvalue weighted by molar-refractivity contribution is 6.28. The van der Waals surface area contributed by atoms with E-state index >= 15 is 0 Å². The van der Waals surface area contributed by atoms with Gasteiger partial charge < -0.3 is 29.7 Å². The highest BCUT2D eigenvalue weighted by atomic mass is 35.5. The molecule has 3 aromatic carbocycles. The van der Waals surface area contributed by atoms with E-state index in [0.717, 1.165) is 0 Å². The molecule has 1 aromatic heterocycles. The molecule has 0 unspecified atom stereocenters. The fourth-order valence-corrected chi connectivity index (χ4v) is 4.54.